The first-order chi connectivity index (χ1) is 10.1. The van der Waals surface area contributed by atoms with E-state index in [1.165, 1.54) is 25.3 Å². The van der Waals surface area contributed by atoms with Crippen LogP contribution in [0.15, 0.2) is 18.2 Å². The lowest BCUT2D eigenvalue weighted by atomic mass is 10.2. The summed E-state index contributed by atoms with van der Waals surface area (Å²) in [6.45, 7) is 1.16. The zero-order valence-electron chi connectivity index (χ0n) is 11.6. The van der Waals surface area contributed by atoms with Crippen molar-refractivity contribution in [1.29, 1.82) is 0 Å². The lowest BCUT2D eigenvalue weighted by Gasteiger charge is -2.13. The van der Waals surface area contributed by atoms with E-state index in [-0.39, 0.29) is 17.5 Å². The summed E-state index contributed by atoms with van der Waals surface area (Å²) in [5.74, 6) is 0.233. The van der Waals surface area contributed by atoms with E-state index in [1.807, 2.05) is 0 Å². The summed E-state index contributed by atoms with van der Waals surface area (Å²) >= 11 is 0. The second kappa shape index (κ2) is 6.89. The molecule has 1 fully saturated rings. The normalized spacial score (nSPS) is 17.3. The Balaban J connectivity index is 1.94. The number of urea groups is 1. The Kier molecular flexibility index (Phi) is 4.94. The van der Waals surface area contributed by atoms with Crippen molar-refractivity contribution in [2.45, 2.75) is 18.9 Å². The average molecular weight is 295 g/mol. The van der Waals surface area contributed by atoms with Gasteiger partial charge in [0.15, 0.2) is 0 Å². The molecule has 0 spiro atoms. The molecule has 1 aromatic rings. The van der Waals surface area contributed by atoms with Crippen LogP contribution in [0.3, 0.4) is 0 Å². The number of benzene rings is 1. The first-order valence-corrected chi connectivity index (χ1v) is 6.59. The minimum Gasteiger partial charge on any atom is -0.494 e. The number of carbonyl (C=O) groups is 1. The van der Waals surface area contributed by atoms with Crippen LogP contribution in [0.25, 0.3) is 0 Å². The van der Waals surface area contributed by atoms with Crippen molar-refractivity contribution in [3.8, 4) is 5.75 Å². The van der Waals surface area contributed by atoms with Gasteiger partial charge in [-0.1, -0.05) is 0 Å². The SMILES string of the molecule is COc1cc([N+](=O)[O-])ccc1NC(=O)NCC1CCCO1. The Bertz CT molecular complexity index is 529. The lowest BCUT2D eigenvalue weighted by molar-refractivity contribution is -0.384. The van der Waals surface area contributed by atoms with Crippen LogP contribution in [0.2, 0.25) is 0 Å². The molecule has 1 heterocycles. The van der Waals surface area contributed by atoms with Gasteiger partial charge in [-0.05, 0) is 18.9 Å². The molecule has 8 heteroatoms. The number of non-ortho nitro benzene ring substituents is 1. The predicted molar refractivity (Wildman–Crippen MR) is 75.6 cm³/mol. The Hall–Kier alpha value is -2.35. The Labute approximate surface area is 121 Å². The number of nitrogens with one attached hydrogen (secondary N) is 2. The molecule has 21 heavy (non-hydrogen) atoms. The fraction of sp³-hybridized carbons (Fsp3) is 0.462. The summed E-state index contributed by atoms with van der Waals surface area (Å²) < 4.78 is 10.4. The monoisotopic (exact) mass is 295 g/mol. The van der Waals surface area contributed by atoms with Gasteiger partial charge in [-0.15, -0.1) is 0 Å². The number of anilines is 1. The molecule has 0 aromatic heterocycles. The second-order valence-electron chi connectivity index (χ2n) is 4.61. The topological polar surface area (TPSA) is 103 Å². The molecule has 1 aliphatic rings. The highest BCUT2D eigenvalue weighted by molar-refractivity contribution is 5.91. The zero-order valence-corrected chi connectivity index (χ0v) is 11.6. The highest BCUT2D eigenvalue weighted by Crippen LogP contribution is 2.28. The van der Waals surface area contributed by atoms with Gasteiger partial charge in [0.05, 0.1) is 29.9 Å². The number of hydrogen-bond donors (Lipinski definition) is 2. The van der Waals surface area contributed by atoms with Crippen LogP contribution in [0.1, 0.15) is 12.8 Å². The molecular weight excluding hydrogens is 278 g/mol. The van der Waals surface area contributed by atoms with Gasteiger partial charge >= 0.3 is 6.03 Å². The van der Waals surface area contributed by atoms with Crippen molar-refractivity contribution in [2.24, 2.45) is 0 Å². The third kappa shape index (κ3) is 4.06. The Morgan fingerprint density at radius 2 is 2.38 bits per heavy atom. The molecule has 1 unspecified atom stereocenters. The van der Waals surface area contributed by atoms with Gasteiger partial charge in [0.2, 0.25) is 0 Å². The van der Waals surface area contributed by atoms with E-state index < -0.39 is 11.0 Å². The molecule has 0 saturated carbocycles. The number of amides is 2. The maximum atomic E-state index is 11.8. The van der Waals surface area contributed by atoms with E-state index in [1.54, 1.807) is 0 Å². The van der Waals surface area contributed by atoms with Crippen LogP contribution in [0.4, 0.5) is 16.2 Å². The molecule has 1 aliphatic heterocycles. The quantitative estimate of drug-likeness (QED) is 0.638. The number of ether oxygens (including phenoxy) is 2. The number of rotatable bonds is 5. The van der Waals surface area contributed by atoms with Crippen molar-refractivity contribution >= 4 is 17.4 Å². The summed E-state index contributed by atoms with van der Waals surface area (Å²) in [6.07, 6.45) is 1.99. The van der Waals surface area contributed by atoms with Gasteiger partial charge in [-0.25, -0.2) is 4.79 Å². The van der Waals surface area contributed by atoms with Crippen molar-refractivity contribution in [3.05, 3.63) is 28.3 Å². The standard InChI is InChI=1S/C13H17N3O5/c1-20-12-7-9(16(18)19)4-5-11(12)15-13(17)14-8-10-3-2-6-21-10/h4-5,7,10H,2-3,6,8H2,1H3,(H2,14,15,17). The zero-order chi connectivity index (χ0) is 15.2. The van der Waals surface area contributed by atoms with Gasteiger partial charge in [0, 0.05) is 19.2 Å². The fourth-order valence-electron chi connectivity index (χ4n) is 2.08. The molecular formula is C13H17N3O5. The van der Waals surface area contributed by atoms with Gasteiger partial charge in [-0.2, -0.15) is 0 Å². The first kappa shape index (κ1) is 15.0. The minimum atomic E-state index is -0.524. The molecule has 2 rings (SSSR count). The third-order valence-corrected chi connectivity index (χ3v) is 3.16. The van der Waals surface area contributed by atoms with Gasteiger partial charge in [-0.3, -0.25) is 10.1 Å². The average Bonchev–Trinajstić information content (AvgIpc) is 2.98. The van der Waals surface area contributed by atoms with E-state index >= 15 is 0 Å². The van der Waals surface area contributed by atoms with E-state index in [0.29, 0.717) is 12.2 Å². The minimum absolute atomic E-state index is 0.0505. The number of methoxy groups -OCH3 is 1. The molecule has 1 atom stereocenters. The van der Waals surface area contributed by atoms with Crippen LogP contribution >= 0.6 is 0 Å². The molecule has 8 nitrogen and oxygen atoms in total. The molecule has 1 saturated heterocycles. The van der Waals surface area contributed by atoms with Crippen LogP contribution in [0.5, 0.6) is 5.75 Å². The van der Waals surface area contributed by atoms with Crippen molar-refractivity contribution < 1.29 is 19.2 Å². The van der Waals surface area contributed by atoms with Crippen LogP contribution in [-0.4, -0.2) is 37.3 Å². The van der Waals surface area contributed by atoms with Crippen molar-refractivity contribution in [3.63, 3.8) is 0 Å². The molecule has 2 amide bonds. The van der Waals surface area contributed by atoms with Crippen LogP contribution < -0.4 is 15.4 Å². The molecule has 0 bridgehead atoms. The summed E-state index contributed by atoms with van der Waals surface area (Å²) in [4.78, 5) is 22.0. The van der Waals surface area contributed by atoms with E-state index in [2.05, 4.69) is 10.6 Å². The molecule has 0 radical (unpaired) electrons. The van der Waals surface area contributed by atoms with Gasteiger partial charge in [0.25, 0.3) is 5.69 Å². The molecule has 114 valence electrons. The Morgan fingerprint density at radius 1 is 1.57 bits per heavy atom. The number of nitro benzene ring substituents is 1. The van der Waals surface area contributed by atoms with E-state index in [0.717, 1.165) is 19.4 Å². The number of nitro groups is 1. The summed E-state index contributed by atoms with van der Waals surface area (Å²) in [7, 11) is 1.38. The lowest BCUT2D eigenvalue weighted by Crippen LogP contribution is -2.35. The number of hydrogen-bond acceptors (Lipinski definition) is 5. The van der Waals surface area contributed by atoms with Crippen LogP contribution in [-0.2, 0) is 4.74 Å². The van der Waals surface area contributed by atoms with E-state index in [9.17, 15) is 14.9 Å². The van der Waals surface area contributed by atoms with Crippen LogP contribution in [0, 0.1) is 10.1 Å². The molecule has 2 N–H and O–H groups in total. The van der Waals surface area contributed by atoms with Crippen molar-refractivity contribution in [1.82, 2.24) is 5.32 Å². The fourth-order valence-corrected chi connectivity index (χ4v) is 2.08. The highest BCUT2D eigenvalue weighted by atomic mass is 16.6. The third-order valence-electron chi connectivity index (χ3n) is 3.16. The van der Waals surface area contributed by atoms with Gasteiger partial charge < -0.3 is 20.1 Å². The predicted octanol–water partition coefficient (Wildman–Crippen LogP) is 1.90. The highest BCUT2D eigenvalue weighted by Gasteiger charge is 2.17. The maximum Gasteiger partial charge on any atom is 0.319 e. The Morgan fingerprint density at radius 3 is 3.00 bits per heavy atom. The number of nitrogens with zero attached hydrogens (tertiary/aromatic N) is 1. The first-order valence-electron chi connectivity index (χ1n) is 6.59. The number of carbonyl (C=O) groups excluding carboxylic acids is 1. The smallest absolute Gasteiger partial charge is 0.319 e. The summed E-state index contributed by atoms with van der Waals surface area (Å²) in [6, 6.07) is 3.59. The summed E-state index contributed by atoms with van der Waals surface area (Å²) in [5, 5.41) is 16.0. The largest absolute Gasteiger partial charge is 0.494 e. The summed E-state index contributed by atoms with van der Waals surface area (Å²) in [5.41, 5.74) is 0.269. The molecule has 0 aliphatic carbocycles. The van der Waals surface area contributed by atoms with Gasteiger partial charge in [0.1, 0.15) is 5.75 Å². The van der Waals surface area contributed by atoms with E-state index in [4.69, 9.17) is 9.47 Å². The van der Waals surface area contributed by atoms with Crippen molar-refractivity contribution in [2.75, 3.05) is 25.6 Å². The maximum absolute atomic E-state index is 11.8. The second-order valence-corrected chi connectivity index (χ2v) is 4.61. The molecule has 1 aromatic carbocycles.